The number of hydrogen-bond acceptors (Lipinski definition) is 8. The second-order valence-electron chi connectivity index (χ2n) is 6.60. The molecule has 30 heavy (non-hydrogen) atoms. The van der Waals surface area contributed by atoms with E-state index < -0.39 is 26.0 Å². The maximum absolute atomic E-state index is 12.2. The minimum absolute atomic E-state index is 0.0409. The van der Waals surface area contributed by atoms with E-state index in [0.717, 1.165) is 0 Å². The van der Waals surface area contributed by atoms with Gasteiger partial charge in [0, 0.05) is 6.07 Å². The highest BCUT2D eigenvalue weighted by Crippen LogP contribution is 2.41. The summed E-state index contributed by atoms with van der Waals surface area (Å²) in [4.78, 5) is 33.4. The molecule has 0 aliphatic carbocycles. The first-order chi connectivity index (χ1) is 14.2. The van der Waals surface area contributed by atoms with Crippen LogP contribution in [-0.2, 0) is 26.9 Å². The van der Waals surface area contributed by atoms with Crippen molar-refractivity contribution < 1.29 is 28.1 Å². The van der Waals surface area contributed by atoms with Crippen molar-refractivity contribution in [2.24, 2.45) is 5.73 Å². The molecular formula is C17H23N7O5P+. The number of anilines is 1. The number of carbonyl (C=O) groups excluding carboxylic acids is 1. The second-order valence-corrected chi connectivity index (χ2v) is 8.39. The predicted molar refractivity (Wildman–Crippen MR) is 106 cm³/mol. The molecular weight excluding hydrogens is 413 g/mol. The third kappa shape index (κ3) is 5.57. The number of nitrogens with zero attached hydrogens (tertiary/aromatic N) is 5. The Hall–Kier alpha value is -2.92. The van der Waals surface area contributed by atoms with Crippen molar-refractivity contribution >= 4 is 30.5 Å². The number of fused-ring (bicyclic) bond motifs is 1. The molecule has 0 aliphatic heterocycles. The zero-order chi connectivity index (χ0) is 21.7. The molecule has 0 radical (unpaired) electrons. The molecule has 0 spiro atoms. The number of nitrogens with two attached hydrogens (primary N) is 2. The average Bonchev–Trinajstić information content (AvgIpc) is 3.11. The Bertz CT molecular complexity index is 1090. The average molecular weight is 436 g/mol. The summed E-state index contributed by atoms with van der Waals surface area (Å²) in [6.07, 6.45) is 5.25. The quantitative estimate of drug-likeness (QED) is 0.293. The molecule has 3 heterocycles. The zero-order valence-corrected chi connectivity index (χ0v) is 17.2. The Labute approximate surface area is 172 Å². The lowest BCUT2D eigenvalue weighted by Gasteiger charge is -2.17. The number of rotatable bonds is 10. The number of nitrogen functional groups attached to an aromatic ring is 1. The maximum Gasteiger partial charge on any atom is 0.353 e. The Kier molecular flexibility index (Phi) is 6.73. The monoisotopic (exact) mass is 436 g/mol. The van der Waals surface area contributed by atoms with Gasteiger partial charge in [0.2, 0.25) is 0 Å². The Balaban J connectivity index is 1.48. The fourth-order valence-corrected chi connectivity index (χ4v) is 3.60. The van der Waals surface area contributed by atoms with Gasteiger partial charge >= 0.3 is 7.60 Å². The fourth-order valence-electron chi connectivity index (χ4n) is 2.72. The van der Waals surface area contributed by atoms with Crippen LogP contribution in [0.4, 0.5) is 5.82 Å². The lowest BCUT2D eigenvalue weighted by molar-refractivity contribution is -0.697. The number of primary amides is 1. The number of carbonyl (C=O) groups is 1. The first-order valence-corrected chi connectivity index (χ1v) is 10.8. The van der Waals surface area contributed by atoms with E-state index in [1.165, 1.54) is 12.5 Å². The second kappa shape index (κ2) is 9.26. The predicted octanol–water partition coefficient (Wildman–Crippen LogP) is 0.0597. The van der Waals surface area contributed by atoms with Gasteiger partial charge < -0.3 is 30.2 Å². The highest BCUT2D eigenvalue weighted by atomic mass is 31.2. The van der Waals surface area contributed by atoms with Gasteiger partial charge in [-0.1, -0.05) is 0 Å². The lowest BCUT2D eigenvalue weighted by Crippen LogP contribution is -2.36. The molecule has 0 saturated carbocycles. The molecule has 13 heteroatoms. The van der Waals surface area contributed by atoms with E-state index in [1.54, 1.807) is 40.7 Å². The van der Waals surface area contributed by atoms with Gasteiger partial charge in [-0.3, -0.25) is 9.36 Å². The molecule has 3 rings (SSSR count). The summed E-state index contributed by atoms with van der Waals surface area (Å²) >= 11 is 0. The standard InChI is InChI=1S/C17H22N7O5P/c1-12(7-24-10-22-14-15(18)20-9-21-17(14)24)28-11-30(26,27)29-6-5-23-4-2-3-13(8-23)16(19)25/h2-4,8-10,12H,5-7,11H2,1H3,(H4-,18,19,20,21,25,26,27)/p+1/t12-/m1/s1. The van der Waals surface area contributed by atoms with Crippen molar-refractivity contribution in [2.75, 3.05) is 18.7 Å². The molecule has 3 aromatic heterocycles. The van der Waals surface area contributed by atoms with E-state index in [2.05, 4.69) is 15.0 Å². The van der Waals surface area contributed by atoms with E-state index in [4.69, 9.17) is 20.7 Å². The molecule has 0 bridgehead atoms. The molecule has 0 aromatic carbocycles. The number of aromatic nitrogens is 5. The summed E-state index contributed by atoms with van der Waals surface area (Å²) in [7, 11) is -3.96. The zero-order valence-electron chi connectivity index (χ0n) is 16.3. The lowest BCUT2D eigenvalue weighted by atomic mass is 10.3. The summed E-state index contributed by atoms with van der Waals surface area (Å²) in [5.41, 5.74) is 12.4. The van der Waals surface area contributed by atoms with Crippen molar-refractivity contribution in [3.8, 4) is 0 Å². The van der Waals surface area contributed by atoms with Crippen LogP contribution in [0.5, 0.6) is 0 Å². The first-order valence-electron chi connectivity index (χ1n) is 9.03. The summed E-state index contributed by atoms with van der Waals surface area (Å²) in [5.74, 6) is -0.278. The van der Waals surface area contributed by atoms with Crippen molar-refractivity contribution in [1.29, 1.82) is 0 Å². The molecule has 0 fully saturated rings. The van der Waals surface area contributed by atoms with Crippen LogP contribution in [0.25, 0.3) is 11.2 Å². The highest BCUT2D eigenvalue weighted by molar-refractivity contribution is 7.52. The van der Waals surface area contributed by atoms with E-state index in [-0.39, 0.29) is 19.0 Å². The van der Waals surface area contributed by atoms with E-state index >= 15 is 0 Å². The molecule has 3 aromatic rings. The third-order valence-corrected chi connectivity index (χ3v) is 5.25. The van der Waals surface area contributed by atoms with Crippen molar-refractivity contribution in [1.82, 2.24) is 19.5 Å². The van der Waals surface area contributed by atoms with Gasteiger partial charge in [0.25, 0.3) is 5.91 Å². The molecule has 160 valence electrons. The molecule has 1 amide bonds. The van der Waals surface area contributed by atoms with Crippen LogP contribution in [0.15, 0.2) is 37.2 Å². The summed E-state index contributed by atoms with van der Waals surface area (Å²) in [6, 6.07) is 3.23. The molecule has 0 aliphatic rings. The number of pyridine rings is 1. The van der Waals surface area contributed by atoms with Crippen LogP contribution in [0.2, 0.25) is 0 Å². The maximum atomic E-state index is 12.2. The number of amides is 1. The van der Waals surface area contributed by atoms with Gasteiger partial charge in [0.05, 0.1) is 19.0 Å². The largest absolute Gasteiger partial charge is 0.382 e. The molecule has 2 atom stereocenters. The van der Waals surface area contributed by atoms with E-state index in [9.17, 15) is 14.3 Å². The Morgan fingerprint density at radius 1 is 1.40 bits per heavy atom. The fraction of sp³-hybridized carbons (Fsp3) is 0.353. The number of ether oxygens (including phenoxy) is 1. The summed E-state index contributed by atoms with van der Waals surface area (Å²) in [6.45, 7) is 2.33. The first kappa shape index (κ1) is 21.8. The van der Waals surface area contributed by atoms with Crippen LogP contribution >= 0.6 is 7.60 Å². The van der Waals surface area contributed by atoms with Crippen LogP contribution in [-0.4, -0.2) is 49.4 Å². The van der Waals surface area contributed by atoms with E-state index in [1.807, 2.05) is 0 Å². The molecule has 0 saturated heterocycles. The van der Waals surface area contributed by atoms with Crippen molar-refractivity contribution in [3.63, 3.8) is 0 Å². The summed E-state index contributed by atoms with van der Waals surface area (Å²) < 4.78 is 26.2. The molecule has 12 nitrogen and oxygen atoms in total. The van der Waals surface area contributed by atoms with Crippen molar-refractivity contribution in [3.05, 3.63) is 42.7 Å². The highest BCUT2D eigenvalue weighted by Gasteiger charge is 2.22. The van der Waals surface area contributed by atoms with Crippen LogP contribution in [0.3, 0.4) is 0 Å². The van der Waals surface area contributed by atoms with Crippen LogP contribution in [0.1, 0.15) is 17.3 Å². The van der Waals surface area contributed by atoms with Gasteiger partial charge in [-0.15, -0.1) is 0 Å². The van der Waals surface area contributed by atoms with Gasteiger partial charge in [0.1, 0.15) is 30.4 Å². The molecule has 5 N–H and O–H groups in total. The minimum atomic E-state index is -3.96. The van der Waals surface area contributed by atoms with Crippen LogP contribution in [0, 0.1) is 0 Å². The SMILES string of the molecule is C[C@H](Cn1cnc2c(N)ncnc21)OCP(=O)(O)OCC[n+]1cccc(C(N)=O)c1. The Morgan fingerprint density at radius 3 is 2.97 bits per heavy atom. The number of hydrogen-bond donors (Lipinski definition) is 3. The van der Waals surface area contributed by atoms with Gasteiger partial charge in [0.15, 0.2) is 30.4 Å². The smallest absolute Gasteiger partial charge is 0.353 e. The molecule has 1 unspecified atom stereocenters. The Morgan fingerprint density at radius 2 is 2.20 bits per heavy atom. The van der Waals surface area contributed by atoms with E-state index in [0.29, 0.717) is 23.3 Å². The van der Waals surface area contributed by atoms with Gasteiger partial charge in [-0.05, 0) is 13.0 Å². The van der Waals surface area contributed by atoms with Crippen LogP contribution < -0.4 is 16.0 Å². The summed E-state index contributed by atoms with van der Waals surface area (Å²) in [5, 5.41) is 0. The topological polar surface area (TPSA) is 172 Å². The van der Waals surface area contributed by atoms with Gasteiger partial charge in [-0.2, -0.15) is 0 Å². The van der Waals surface area contributed by atoms with Crippen molar-refractivity contribution in [2.45, 2.75) is 26.1 Å². The van der Waals surface area contributed by atoms with Gasteiger partial charge in [-0.25, -0.2) is 19.5 Å². The third-order valence-electron chi connectivity index (χ3n) is 4.19. The number of imidazole rings is 1. The minimum Gasteiger partial charge on any atom is -0.382 e. The normalized spacial score (nSPS) is 14.5.